The maximum absolute atomic E-state index is 11.5. The summed E-state index contributed by atoms with van der Waals surface area (Å²) in [6.07, 6.45) is 5.30. The van der Waals surface area contributed by atoms with E-state index in [2.05, 4.69) is 30.1 Å². The second-order valence-corrected chi connectivity index (χ2v) is 8.40. The summed E-state index contributed by atoms with van der Waals surface area (Å²) in [7, 11) is 0. The summed E-state index contributed by atoms with van der Waals surface area (Å²) in [5, 5.41) is 15.8. The molecular formula is C20H33Cl3N2O. The van der Waals surface area contributed by atoms with Crippen molar-refractivity contribution < 1.29 is 5.11 Å². The van der Waals surface area contributed by atoms with E-state index in [1.165, 1.54) is 12.0 Å². The summed E-state index contributed by atoms with van der Waals surface area (Å²) in [4.78, 5) is 2.52. The van der Waals surface area contributed by atoms with Crippen molar-refractivity contribution in [2.45, 2.75) is 69.6 Å². The third-order valence-electron chi connectivity index (χ3n) is 5.69. The van der Waals surface area contributed by atoms with Gasteiger partial charge in [0.15, 0.2) is 0 Å². The third kappa shape index (κ3) is 5.98. The molecule has 150 valence electrons. The highest BCUT2D eigenvalue weighted by atomic mass is 35.5. The van der Waals surface area contributed by atoms with Gasteiger partial charge < -0.3 is 10.4 Å². The largest absolute Gasteiger partial charge is 0.389 e. The van der Waals surface area contributed by atoms with Gasteiger partial charge in [0.25, 0.3) is 0 Å². The lowest BCUT2D eigenvalue weighted by Gasteiger charge is -2.44. The fourth-order valence-corrected chi connectivity index (χ4v) is 4.87. The Kier molecular flexibility index (Phi) is 9.69. The number of piperazine rings is 1. The number of nitrogens with zero attached hydrogens (tertiary/aromatic N) is 1. The average molecular weight is 424 g/mol. The predicted octanol–water partition coefficient (Wildman–Crippen LogP) is 4.64. The fraction of sp³-hybridized carbons (Fsp3) is 0.700. The van der Waals surface area contributed by atoms with E-state index in [0.717, 1.165) is 50.3 Å². The first kappa shape index (κ1) is 24.0. The van der Waals surface area contributed by atoms with Gasteiger partial charge in [-0.15, -0.1) is 24.8 Å². The van der Waals surface area contributed by atoms with Crippen molar-refractivity contribution in [3.05, 3.63) is 34.9 Å². The molecule has 1 unspecified atom stereocenters. The van der Waals surface area contributed by atoms with Gasteiger partial charge in [0, 0.05) is 42.7 Å². The molecule has 1 saturated heterocycles. The minimum atomic E-state index is -0.597. The van der Waals surface area contributed by atoms with Crippen LogP contribution in [0.5, 0.6) is 0 Å². The van der Waals surface area contributed by atoms with Crippen LogP contribution in [0.4, 0.5) is 0 Å². The highest BCUT2D eigenvalue weighted by Gasteiger charge is 2.40. The van der Waals surface area contributed by atoms with Crippen LogP contribution in [0.25, 0.3) is 0 Å². The van der Waals surface area contributed by atoms with Gasteiger partial charge in [0.05, 0.1) is 5.60 Å². The molecule has 1 heterocycles. The minimum absolute atomic E-state index is 0. The molecule has 1 aromatic rings. The van der Waals surface area contributed by atoms with Crippen LogP contribution in [0.2, 0.25) is 5.02 Å². The minimum Gasteiger partial charge on any atom is -0.389 e. The standard InChI is InChI=1S/C20H31ClN2O.2ClH/c1-15-12-23(13-16(2)22-15)14-19(17-7-6-8-18(21)11-17)20(24)9-4-3-5-10-20;;/h6-8,11,15-16,19,22,24H,3-5,9-10,12-14H2,1-2H3;2*1H/t15-,16-,19?;;/m0../s1. The van der Waals surface area contributed by atoms with Crippen LogP contribution in [0.1, 0.15) is 57.4 Å². The number of halogens is 3. The van der Waals surface area contributed by atoms with Crippen LogP contribution in [-0.2, 0) is 0 Å². The molecule has 26 heavy (non-hydrogen) atoms. The molecule has 2 N–H and O–H groups in total. The summed E-state index contributed by atoms with van der Waals surface area (Å²) in [6.45, 7) is 7.47. The normalized spacial score (nSPS) is 27.1. The molecule has 0 radical (unpaired) electrons. The van der Waals surface area contributed by atoms with Gasteiger partial charge in [-0.3, -0.25) is 4.90 Å². The first-order valence-corrected chi connectivity index (χ1v) is 9.80. The number of nitrogens with one attached hydrogen (secondary N) is 1. The van der Waals surface area contributed by atoms with Gasteiger partial charge in [0.1, 0.15) is 0 Å². The SMILES string of the molecule is C[C@H]1CN(CC(c2cccc(Cl)c2)C2(O)CCCCC2)C[C@H](C)N1.Cl.Cl. The zero-order chi connectivity index (χ0) is 17.2. The monoisotopic (exact) mass is 422 g/mol. The van der Waals surface area contributed by atoms with E-state index in [9.17, 15) is 5.11 Å². The lowest BCUT2D eigenvalue weighted by molar-refractivity contribution is -0.0337. The number of rotatable bonds is 4. The van der Waals surface area contributed by atoms with Gasteiger partial charge in [0.2, 0.25) is 0 Å². The second kappa shape index (κ2) is 10.5. The van der Waals surface area contributed by atoms with Crippen molar-refractivity contribution in [3.63, 3.8) is 0 Å². The molecule has 1 aliphatic heterocycles. The highest BCUT2D eigenvalue weighted by Crippen LogP contribution is 2.41. The summed E-state index contributed by atoms with van der Waals surface area (Å²) in [6, 6.07) is 9.11. The predicted molar refractivity (Wildman–Crippen MR) is 115 cm³/mol. The van der Waals surface area contributed by atoms with Crippen LogP contribution in [0.15, 0.2) is 24.3 Å². The van der Waals surface area contributed by atoms with E-state index in [1.807, 2.05) is 18.2 Å². The molecule has 0 amide bonds. The van der Waals surface area contributed by atoms with Crippen molar-refractivity contribution in [1.82, 2.24) is 10.2 Å². The Morgan fingerprint density at radius 2 is 1.77 bits per heavy atom. The van der Waals surface area contributed by atoms with Gasteiger partial charge in [-0.2, -0.15) is 0 Å². The Morgan fingerprint density at radius 1 is 1.15 bits per heavy atom. The second-order valence-electron chi connectivity index (χ2n) is 7.96. The van der Waals surface area contributed by atoms with E-state index in [1.54, 1.807) is 0 Å². The van der Waals surface area contributed by atoms with Gasteiger partial charge >= 0.3 is 0 Å². The van der Waals surface area contributed by atoms with Crippen LogP contribution in [0.3, 0.4) is 0 Å². The number of aliphatic hydroxyl groups is 1. The Labute approximate surface area is 175 Å². The maximum Gasteiger partial charge on any atom is 0.0728 e. The molecule has 1 aromatic carbocycles. The lowest BCUT2D eigenvalue weighted by atomic mass is 9.72. The van der Waals surface area contributed by atoms with Crippen LogP contribution < -0.4 is 5.32 Å². The van der Waals surface area contributed by atoms with Crippen molar-refractivity contribution in [2.75, 3.05) is 19.6 Å². The zero-order valence-electron chi connectivity index (χ0n) is 15.8. The fourth-order valence-electron chi connectivity index (χ4n) is 4.67. The van der Waals surface area contributed by atoms with Gasteiger partial charge in [-0.1, -0.05) is 43.0 Å². The van der Waals surface area contributed by atoms with E-state index in [0.29, 0.717) is 12.1 Å². The van der Waals surface area contributed by atoms with Crippen molar-refractivity contribution >= 4 is 36.4 Å². The summed E-state index contributed by atoms with van der Waals surface area (Å²) < 4.78 is 0. The molecular weight excluding hydrogens is 391 g/mol. The van der Waals surface area contributed by atoms with Crippen molar-refractivity contribution in [2.24, 2.45) is 0 Å². The molecule has 2 aliphatic rings. The maximum atomic E-state index is 11.5. The topological polar surface area (TPSA) is 35.5 Å². The van der Waals surface area contributed by atoms with Crippen LogP contribution in [-0.4, -0.2) is 47.3 Å². The molecule has 1 saturated carbocycles. The summed E-state index contributed by atoms with van der Waals surface area (Å²) in [5.74, 6) is 0.133. The molecule has 2 fully saturated rings. The Morgan fingerprint density at radius 3 is 2.35 bits per heavy atom. The van der Waals surface area contributed by atoms with E-state index in [-0.39, 0.29) is 30.7 Å². The number of benzene rings is 1. The Balaban J connectivity index is 0.00000169. The summed E-state index contributed by atoms with van der Waals surface area (Å²) in [5.41, 5.74) is 0.589. The first-order valence-electron chi connectivity index (χ1n) is 9.42. The Hall–Kier alpha value is -0.0300. The molecule has 3 nitrogen and oxygen atoms in total. The molecule has 6 heteroatoms. The zero-order valence-corrected chi connectivity index (χ0v) is 18.2. The quantitative estimate of drug-likeness (QED) is 0.740. The third-order valence-corrected chi connectivity index (χ3v) is 5.93. The van der Waals surface area contributed by atoms with E-state index in [4.69, 9.17) is 11.6 Å². The van der Waals surface area contributed by atoms with Crippen LogP contribution in [0, 0.1) is 0 Å². The van der Waals surface area contributed by atoms with Gasteiger partial charge in [-0.25, -0.2) is 0 Å². The molecule has 1 aliphatic carbocycles. The number of hydrogen-bond acceptors (Lipinski definition) is 3. The lowest BCUT2D eigenvalue weighted by Crippen LogP contribution is -2.56. The van der Waals surface area contributed by atoms with E-state index >= 15 is 0 Å². The highest BCUT2D eigenvalue weighted by molar-refractivity contribution is 6.30. The van der Waals surface area contributed by atoms with Gasteiger partial charge in [-0.05, 0) is 44.4 Å². The number of hydrogen-bond donors (Lipinski definition) is 2. The molecule has 3 atom stereocenters. The first-order chi connectivity index (χ1) is 11.5. The van der Waals surface area contributed by atoms with Crippen LogP contribution >= 0.6 is 36.4 Å². The molecule has 0 bridgehead atoms. The smallest absolute Gasteiger partial charge is 0.0728 e. The average Bonchev–Trinajstić information content (AvgIpc) is 2.52. The molecule has 3 rings (SSSR count). The molecule has 0 aromatic heterocycles. The van der Waals surface area contributed by atoms with Crippen molar-refractivity contribution in [1.29, 1.82) is 0 Å². The Bertz CT molecular complexity index is 542. The van der Waals surface area contributed by atoms with Crippen molar-refractivity contribution in [3.8, 4) is 0 Å². The summed E-state index contributed by atoms with van der Waals surface area (Å²) >= 11 is 6.26. The molecule has 0 spiro atoms. The van der Waals surface area contributed by atoms with E-state index < -0.39 is 5.60 Å².